The molecule has 410 valence electrons. The number of hydrogen-bond donors (Lipinski definition) is 1. The summed E-state index contributed by atoms with van der Waals surface area (Å²) in [5.74, 6) is -0.0935. The second kappa shape index (κ2) is 49.2. The smallest absolute Gasteiger partial charge is 0.462 e. The molecule has 1 aliphatic heterocycles. The van der Waals surface area contributed by atoms with Crippen molar-refractivity contribution in [1.29, 1.82) is 0 Å². The number of rotatable bonds is 53. The molecule has 0 atom stereocenters. The van der Waals surface area contributed by atoms with Gasteiger partial charge in [0.15, 0.2) is 0 Å². The summed E-state index contributed by atoms with van der Waals surface area (Å²) in [5, 5.41) is 9.87. The Morgan fingerprint density at radius 1 is 0.435 bits per heavy atom. The summed E-state index contributed by atoms with van der Waals surface area (Å²) in [4.78, 5) is 28.0. The van der Waals surface area contributed by atoms with E-state index in [1.807, 2.05) is 0 Å². The first kappa shape index (κ1) is 66.0. The average Bonchev–Trinajstić information content (AvgIpc) is 3.34. The average molecular weight is 1000 g/mol. The number of carbonyl (C=O) groups is 2. The van der Waals surface area contributed by atoms with E-state index in [9.17, 15) is 19.3 Å². The zero-order valence-electron chi connectivity index (χ0n) is 46.0. The number of unbranched alkanes of at least 4 members (excludes halogenated alkanes) is 28. The summed E-state index contributed by atoms with van der Waals surface area (Å²) in [7, 11) is -3.72. The zero-order valence-corrected chi connectivity index (χ0v) is 46.9. The Kier molecular flexibility index (Phi) is 47.0. The molecule has 1 saturated heterocycles. The molecule has 0 aromatic heterocycles. The Morgan fingerprint density at radius 2 is 0.725 bits per heavy atom. The summed E-state index contributed by atoms with van der Waals surface area (Å²) in [5.41, 5.74) is 0. The number of nitrogens with zero attached hydrogens (tertiary/aromatic N) is 1. The lowest BCUT2D eigenvalue weighted by Crippen LogP contribution is -2.36. The molecule has 10 nitrogen and oxygen atoms in total. The number of phosphoric ester groups is 1. The van der Waals surface area contributed by atoms with Crippen LogP contribution in [0.15, 0.2) is 0 Å². The molecule has 0 amide bonds. The first-order valence-corrected chi connectivity index (χ1v) is 31.5. The molecule has 0 bridgehead atoms. The Hall–Kier alpha value is -1.03. The van der Waals surface area contributed by atoms with Crippen molar-refractivity contribution >= 4 is 19.8 Å². The van der Waals surface area contributed by atoms with E-state index < -0.39 is 7.82 Å². The number of piperidine rings is 1. The molecule has 0 aromatic rings. The molecular weight excluding hydrogens is 886 g/mol. The van der Waals surface area contributed by atoms with Crippen LogP contribution in [0.5, 0.6) is 0 Å². The molecule has 0 spiro atoms. The minimum Gasteiger partial charge on any atom is -0.462 e. The van der Waals surface area contributed by atoms with Gasteiger partial charge in [-0.05, 0) is 96.3 Å². The maximum absolute atomic E-state index is 13.8. The summed E-state index contributed by atoms with van der Waals surface area (Å²) in [6, 6.07) is 0. The number of phosphoric acid groups is 1. The van der Waals surface area contributed by atoms with Crippen LogP contribution in [0.2, 0.25) is 0 Å². The van der Waals surface area contributed by atoms with Gasteiger partial charge in [-0.3, -0.25) is 23.2 Å². The molecule has 1 rings (SSSR count). The second-order valence-electron chi connectivity index (χ2n) is 20.9. The van der Waals surface area contributed by atoms with E-state index in [0.29, 0.717) is 32.7 Å². The maximum atomic E-state index is 13.8. The van der Waals surface area contributed by atoms with E-state index in [-0.39, 0.29) is 30.3 Å². The number of ether oxygens (including phenoxy) is 2. The first-order valence-electron chi connectivity index (χ1n) is 30.1. The van der Waals surface area contributed by atoms with Crippen LogP contribution >= 0.6 is 7.82 Å². The van der Waals surface area contributed by atoms with Gasteiger partial charge in [0.05, 0.1) is 25.9 Å². The molecule has 0 aromatic carbocycles. The van der Waals surface area contributed by atoms with Crippen LogP contribution in [0, 0.1) is 0 Å². The van der Waals surface area contributed by atoms with Crippen LogP contribution in [0.25, 0.3) is 0 Å². The normalized spacial score (nSPS) is 13.8. The quantitative estimate of drug-likeness (QED) is 0.0358. The predicted octanol–water partition coefficient (Wildman–Crippen LogP) is 17.5. The molecule has 0 aliphatic carbocycles. The lowest BCUT2D eigenvalue weighted by atomic mass is 10.0. The van der Waals surface area contributed by atoms with Gasteiger partial charge in [0.2, 0.25) is 0 Å². The topological polar surface area (TPSA) is 121 Å². The first-order chi connectivity index (χ1) is 33.7. The van der Waals surface area contributed by atoms with Crippen molar-refractivity contribution in [2.24, 2.45) is 0 Å². The minimum absolute atomic E-state index is 0.0468. The SMILES string of the molecule is CCCCCCCCC(CCCCCCCC)OC(=O)CCCCCCCOP(=O)(OCCCCCCCC(=O)OC(CCCCCCCC)CCCCCCCC)OCCCN1CCC(O)CC1. The highest BCUT2D eigenvalue weighted by atomic mass is 31.2. The minimum atomic E-state index is -3.72. The fourth-order valence-electron chi connectivity index (χ4n) is 9.50. The lowest BCUT2D eigenvalue weighted by Gasteiger charge is -2.29. The van der Waals surface area contributed by atoms with Gasteiger partial charge in [-0.1, -0.05) is 195 Å². The molecule has 11 heteroatoms. The highest BCUT2D eigenvalue weighted by Gasteiger charge is 2.27. The van der Waals surface area contributed by atoms with Gasteiger partial charge in [-0.25, -0.2) is 4.57 Å². The van der Waals surface area contributed by atoms with Crippen LogP contribution in [0.4, 0.5) is 0 Å². The Morgan fingerprint density at radius 3 is 1.07 bits per heavy atom. The number of carbonyl (C=O) groups excluding carboxylic acids is 2. The molecule has 1 fully saturated rings. The summed E-state index contributed by atoms with van der Waals surface area (Å²) < 4.78 is 43.5. The Labute approximate surface area is 427 Å². The lowest BCUT2D eigenvalue weighted by molar-refractivity contribution is -0.151. The van der Waals surface area contributed by atoms with E-state index >= 15 is 0 Å². The van der Waals surface area contributed by atoms with Gasteiger partial charge in [-0.2, -0.15) is 0 Å². The van der Waals surface area contributed by atoms with Crippen LogP contribution < -0.4 is 0 Å². The number of hydrogen-bond acceptors (Lipinski definition) is 10. The largest absolute Gasteiger partial charge is 0.474 e. The second-order valence-corrected chi connectivity index (χ2v) is 22.5. The van der Waals surface area contributed by atoms with Gasteiger partial charge in [0.1, 0.15) is 12.2 Å². The van der Waals surface area contributed by atoms with Crippen molar-refractivity contribution in [3.05, 3.63) is 0 Å². The molecule has 1 heterocycles. The summed E-state index contributed by atoms with van der Waals surface area (Å²) in [6.07, 6.45) is 46.1. The van der Waals surface area contributed by atoms with E-state index in [1.54, 1.807) is 0 Å². The van der Waals surface area contributed by atoms with Crippen molar-refractivity contribution in [1.82, 2.24) is 4.90 Å². The van der Waals surface area contributed by atoms with Gasteiger partial charge in [0.25, 0.3) is 0 Å². The number of aliphatic hydroxyl groups is 1. The van der Waals surface area contributed by atoms with Gasteiger partial charge < -0.3 is 19.5 Å². The third kappa shape index (κ3) is 43.1. The Bertz CT molecular complexity index is 1070. The fourth-order valence-corrected chi connectivity index (χ4v) is 10.8. The summed E-state index contributed by atoms with van der Waals surface area (Å²) >= 11 is 0. The van der Waals surface area contributed by atoms with E-state index in [1.165, 1.54) is 128 Å². The van der Waals surface area contributed by atoms with Crippen LogP contribution in [0.1, 0.15) is 304 Å². The number of likely N-dealkylation sites (tertiary alicyclic amines) is 1. The van der Waals surface area contributed by atoms with Crippen LogP contribution in [-0.2, 0) is 37.2 Å². The van der Waals surface area contributed by atoms with Gasteiger partial charge >= 0.3 is 19.8 Å². The highest BCUT2D eigenvalue weighted by Crippen LogP contribution is 2.50. The molecule has 69 heavy (non-hydrogen) atoms. The zero-order chi connectivity index (χ0) is 50.1. The van der Waals surface area contributed by atoms with Gasteiger partial charge in [-0.15, -0.1) is 0 Å². The molecule has 1 aliphatic rings. The number of aliphatic hydroxyl groups excluding tert-OH is 1. The van der Waals surface area contributed by atoms with Gasteiger partial charge in [0, 0.05) is 32.5 Å². The predicted molar refractivity (Wildman–Crippen MR) is 289 cm³/mol. The third-order valence-corrected chi connectivity index (χ3v) is 15.6. The van der Waals surface area contributed by atoms with E-state index in [4.69, 9.17) is 23.0 Å². The van der Waals surface area contributed by atoms with Crippen molar-refractivity contribution in [2.75, 3.05) is 39.5 Å². The van der Waals surface area contributed by atoms with E-state index in [0.717, 1.165) is 154 Å². The van der Waals surface area contributed by atoms with Crippen molar-refractivity contribution < 1.29 is 42.3 Å². The molecule has 0 unspecified atom stereocenters. The molecule has 0 saturated carbocycles. The van der Waals surface area contributed by atoms with E-state index in [2.05, 4.69) is 32.6 Å². The van der Waals surface area contributed by atoms with Crippen molar-refractivity contribution in [3.8, 4) is 0 Å². The third-order valence-electron chi connectivity index (χ3n) is 14.1. The summed E-state index contributed by atoms with van der Waals surface area (Å²) in [6.45, 7) is 12.5. The van der Waals surface area contributed by atoms with Crippen LogP contribution in [0.3, 0.4) is 0 Å². The fraction of sp³-hybridized carbons (Fsp3) is 0.966. The maximum Gasteiger partial charge on any atom is 0.474 e. The standard InChI is InChI=1S/C58H114NO9P/c1-5-9-13-17-23-31-40-55(41-32-24-18-14-10-6-2)67-57(61)44-35-27-21-29-37-51-64-69(63,66-53-39-48-59-49-46-54(60)47-50-59)65-52-38-30-22-28-36-45-58(62)68-56(42-33-25-19-15-11-7-3)43-34-26-20-16-12-8-4/h54-56,60H,5-53H2,1-4H3. The Balaban J connectivity index is 2.44. The number of esters is 2. The molecule has 0 radical (unpaired) electrons. The molecule has 1 N–H and O–H groups in total. The van der Waals surface area contributed by atoms with Crippen LogP contribution in [-0.4, -0.2) is 79.7 Å². The molecular formula is C58H114NO9P. The monoisotopic (exact) mass is 1000 g/mol. The highest BCUT2D eigenvalue weighted by molar-refractivity contribution is 7.48. The van der Waals surface area contributed by atoms with Crippen molar-refractivity contribution in [3.63, 3.8) is 0 Å². The van der Waals surface area contributed by atoms with Crippen molar-refractivity contribution in [2.45, 2.75) is 322 Å².